The van der Waals surface area contributed by atoms with Crippen molar-refractivity contribution < 1.29 is 14.3 Å². The first-order valence-electron chi connectivity index (χ1n) is 6.46. The monoisotopic (exact) mass is 267 g/mol. The number of morpholine rings is 1. The molecule has 1 unspecified atom stereocenters. The summed E-state index contributed by atoms with van der Waals surface area (Å²) in [6, 6.07) is 3.61. The third kappa shape index (κ3) is 4.05. The van der Waals surface area contributed by atoms with Crippen molar-refractivity contribution in [2.24, 2.45) is 0 Å². The number of ether oxygens (including phenoxy) is 2. The summed E-state index contributed by atoms with van der Waals surface area (Å²) in [4.78, 5) is 16.6. The molecule has 1 aromatic heterocycles. The van der Waals surface area contributed by atoms with Gasteiger partial charge < -0.3 is 24.7 Å². The molecule has 0 aliphatic carbocycles. The van der Waals surface area contributed by atoms with Gasteiger partial charge in [-0.3, -0.25) is 0 Å². The molecule has 1 aromatic rings. The Labute approximate surface area is 113 Å². The summed E-state index contributed by atoms with van der Waals surface area (Å²) < 4.78 is 10.3. The standard InChI is InChI=1S/C13H21N3O3/c1-16-5-6-19-11(9-16)8-14-7-10-3-4-12(15-10)13(17)18-2/h3-4,11,14-15H,5-9H2,1-2H3. The van der Waals surface area contributed by atoms with E-state index in [0.29, 0.717) is 12.2 Å². The van der Waals surface area contributed by atoms with E-state index in [9.17, 15) is 4.79 Å². The van der Waals surface area contributed by atoms with E-state index in [-0.39, 0.29) is 12.1 Å². The van der Waals surface area contributed by atoms with E-state index >= 15 is 0 Å². The Balaban J connectivity index is 1.73. The van der Waals surface area contributed by atoms with Crippen LogP contribution in [0, 0.1) is 0 Å². The molecule has 106 valence electrons. The fraction of sp³-hybridized carbons (Fsp3) is 0.615. The van der Waals surface area contributed by atoms with Crippen molar-refractivity contribution in [3.05, 3.63) is 23.5 Å². The van der Waals surface area contributed by atoms with Gasteiger partial charge in [-0.2, -0.15) is 0 Å². The molecule has 0 bridgehead atoms. The molecule has 2 heterocycles. The van der Waals surface area contributed by atoms with Gasteiger partial charge in [-0.25, -0.2) is 4.79 Å². The molecule has 19 heavy (non-hydrogen) atoms. The molecule has 0 saturated carbocycles. The van der Waals surface area contributed by atoms with E-state index in [1.165, 1.54) is 7.11 Å². The van der Waals surface area contributed by atoms with Gasteiger partial charge in [0.15, 0.2) is 0 Å². The zero-order chi connectivity index (χ0) is 13.7. The molecule has 1 aliphatic heterocycles. The van der Waals surface area contributed by atoms with Gasteiger partial charge in [-0.05, 0) is 19.2 Å². The lowest BCUT2D eigenvalue weighted by molar-refractivity contribution is -0.0182. The number of likely N-dealkylation sites (N-methyl/N-ethyl adjacent to an activating group) is 1. The van der Waals surface area contributed by atoms with Crippen molar-refractivity contribution >= 4 is 5.97 Å². The minimum atomic E-state index is -0.344. The maximum Gasteiger partial charge on any atom is 0.354 e. The summed E-state index contributed by atoms with van der Waals surface area (Å²) in [6.07, 6.45) is 0.230. The first-order valence-corrected chi connectivity index (χ1v) is 6.46. The molecule has 0 spiro atoms. The second kappa shape index (κ2) is 6.70. The van der Waals surface area contributed by atoms with Crippen LogP contribution in [0.3, 0.4) is 0 Å². The number of nitrogens with zero attached hydrogens (tertiary/aromatic N) is 1. The van der Waals surface area contributed by atoms with E-state index in [2.05, 4.69) is 27.0 Å². The molecule has 1 fully saturated rings. The van der Waals surface area contributed by atoms with Gasteiger partial charge in [0.25, 0.3) is 0 Å². The average molecular weight is 267 g/mol. The highest BCUT2D eigenvalue weighted by molar-refractivity contribution is 5.87. The van der Waals surface area contributed by atoms with Gasteiger partial charge in [-0.1, -0.05) is 0 Å². The number of hydrogen-bond donors (Lipinski definition) is 2. The average Bonchev–Trinajstić information content (AvgIpc) is 2.87. The molecule has 2 rings (SSSR count). The Bertz CT molecular complexity index is 419. The zero-order valence-corrected chi connectivity index (χ0v) is 11.4. The number of esters is 1. The number of nitrogens with one attached hydrogen (secondary N) is 2. The van der Waals surface area contributed by atoms with E-state index in [4.69, 9.17) is 4.74 Å². The SMILES string of the molecule is COC(=O)c1ccc(CNCC2CN(C)CCO2)[nH]1. The number of aromatic amines is 1. The minimum absolute atomic E-state index is 0.230. The lowest BCUT2D eigenvalue weighted by atomic mass is 10.3. The van der Waals surface area contributed by atoms with Crippen molar-refractivity contribution in [1.29, 1.82) is 0 Å². The summed E-state index contributed by atoms with van der Waals surface area (Å²) >= 11 is 0. The summed E-state index contributed by atoms with van der Waals surface area (Å²) in [5.74, 6) is -0.344. The molecule has 1 atom stereocenters. The van der Waals surface area contributed by atoms with Crippen LogP contribution in [0.15, 0.2) is 12.1 Å². The van der Waals surface area contributed by atoms with Crippen LogP contribution >= 0.6 is 0 Å². The number of hydrogen-bond acceptors (Lipinski definition) is 5. The third-order valence-corrected chi connectivity index (χ3v) is 3.18. The summed E-state index contributed by atoms with van der Waals surface area (Å²) in [5.41, 5.74) is 1.44. The van der Waals surface area contributed by atoms with Crippen LogP contribution in [0.2, 0.25) is 0 Å². The van der Waals surface area contributed by atoms with Crippen LogP contribution in [0.5, 0.6) is 0 Å². The Morgan fingerprint density at radius 3 is 3.21 bits per heavy atom. The lowest BCUT2D eigenvalue weighted by Gasteiger charge is -2.30. The zero-order valence-electron chi connectivity index (χ0n) is 11.4. The lowest BCUT2D eigenvalue weighted by Crippen LogP contribution is -2.44. The molecule has 1 aliphatic rings. The smallest absolute Gasteiger partial charge is 0.354 e. The molecular formula is C13H21N3O3. The first-order chi connectivity index (χ1) is 9.19. The van der Waals surface area contributed by atoms with Gasteiger partial charge in [0, 0.05) is 31.9 Å². The number of rotatable bonds is 5. The predicted octanol–water partition coefficient (Wildman–Crippen LogP) is 0.222. The van der Waals surface area contributed by atoms with Crippen LogP contribution < -0.4 is 5.32 Å². The van der Waals surface area contributed by atoms with Crippen LogP contribution in [-0.4, -0.2) is 62.4 Å². The van der Waals surface area contributed by atoms with Crippen LogP contribution in [0.4, 0.5) is 0 Å². The Morgan fingerprint density at radius 2 is 2.47 bits per heavy atom. The van der Waals surface area contributed by atoms with Gasteiger partial charge in [0.05, 0.1) is 19.8 Å². The van der Waals surface area contributed by atoms with Crippen molar-refractivity contribution in [3.63, 3.8) is 0 Å². The number of carbonyl (C=O) groups excluding carboxylic acids is 1. The minimum Gasteiger partial charge on any atom is -0.464 e. The van der Waals surface area contributed by atoms with Crippen LogP contribution in [0.25, 0.3) is 0 Å². The van der Waals surface area contributed by atoms with Gasteiger partial charge >= 0.3 is 5.97 Å². The number of aromatic nitrogens is 1. The molecule has 0 aromatic carbocycles. The second-order valence-electron chi connectivity index (χ2n) is 4.77. The Kier molecular flexibility index (Phi) is 4.95. The van der Waals surface area contributed by atoms with Crippen molar-refractivity contribution in [1.82, 2.24) is 15.2 Å². The summed E-state index contributed by atoms with van der Waals surface area (Å²) in [5, 5.41) is 3.33. The molecular weight excluding hydrogens is 246 g/mol. The molecule has 0 amide bonds. The quantitative estimate of drug-likeness (QED) is 0.747. The first kappa shape index (κ1) is 14.0. The van der Waals surface area contributed by atoms with Crippen molar-refractivity contribution in [2.45, 2.75) is 12.6 Å². The molecule has 1 saturated heterocycles. The fourth-order valence-electron chi connectivity index (χ4n) is 2.13. The van der Waals surface area contributed by atoms with E-state index < -0.39 is 0 Å². The fourth-order valence-corrected chi connectivity index (χ4v) is 2.13. The Morgan fingerprint density at radius 1 is 1.63 bits per heavy atom. The maximum atomic E-state index is 11.3. The van der Waals surface area contributed by atoms with E-state index in [1.54, 1.807) is 6.07 Å². The number of H-pyrrole nitrogens is 1. The highest BCUT2D eigenvalue weighted by Gasteiger charge is 2.17. The number of methoxy groups -OCH3 is 1. The van der Waals surface area contributed by atoms with Gasteiger partial charge in [0.1, 0.15) is 5.69 Å². The topological polar surface area (TPSA) is 66.6 Å². The van der Waals surface area contributed by atoms with Gasteiger partial charge in [0.2, 0.25) is 0 Å². The molecule has 6 nitrogen and oxygen atoms in total. The second-order valence-corrected chi connectivity index (χ2v) is 4.77. The molecule has 6 heteroatoms. The highest BCUT2D eigenvalue weighted by atomic mass is 16.5. The Hall–Kier alpha value is -1.37. The molecule has 0 radical (unpaired) electrons. The largest absolute Gasteiger partial charge is 0.464 e. The highest BCUT2D eigenvalue weighted by Crippen LogP contribution is 2.04. The normalized spacial score (nSPS) is 20.4. The summed E-state index contributed by atoms with van der Waals surface area (Å²) in [7, 11) is 3.47. The van der Waals surface area contributed by atoms with E-state index in [0.717, 1.165) is 31.9 Å². The van der Waals surface area contributed by atoms with Gasteiger partial charge in [-0.15, -0.1) is 0 Å². The van der Waals surface area contributed by atoms with Crippen molar-refractivity contribution in [3.8, 4) is 0 Å². The van der Waals surface area contributed by atoms with Crippen molar-refractivity contribution in [2.75, 3.05) is 40.4 Å². The third-order valence-electron chi connectivity index (χ3n) is 3.18. The summed E-state index contributed by atoms with van der Waals surface area (Å²) in [6.45, 7) is 4.22. The predicted molar refractivity (Wildman–Crippen MR) is 71.1 cm³/mol. The number of carbonyl (C=O) groups is 1. The maximum absolute atomic E-state index is 11.3. The molecule has 2 N–H and O–H groups in total. The van der Waals surface area contributed by atoms with Crippen LogP contribution in [0.1, 0.15) is 16.2 Å². The van der Waals surface area contributed by atoms with Crippen LogP contribution in [-0.2, 0) is 16.0 Å². The van der Waals surface area contributed by atoms with E-state index in [1.807, 2.05) is 6.07 Å².